The van der Waals surface area contributed by atoms with E-state index in [4.69, 9.17) is 4.74 Å². The van der Waals surface area contributed by atoms with Gasteiger partial charge < -0.3 is 15.4 Å². The van der Waals surface area contributed by atoms with E-state index in [1.165, 1.54) is 12.8 Å². The molecular weight excluding hydrogens is 244 g/mol. The summed E-state index contributed by atoms with van der Waals surface area (Å²) in [4.78, 5) is 23.5. The van der Waals surface area contributed by atoms with Crippen molar-refractivity contribution in [2.45, 2.75) is 31.7 Å². The van der Waals surface area contributed by atoms with Crippen LogP contribution in [0.5, 0.6) is 5.75 Å². The molecule has 1 aliphatic carbocycles. The minimum absolute atomic E-state index is 0.0410. The Balaban J connectivity index is 1.82. The molecule has 2 N–H and O–H groups in total. The molecule has 5 heteroatoms. The highest BCUT2D eigenvalue weighted by molar-refractivity contribution is 6.03. The first kappa shape index (κ1) is 12.0. The first-order valence-corrected chi connectivity index (χ1v) is 6.60. The lowest BCUT2D eigenvalue weighted by Crippen LogP contribution is -2.34. The molecule has 19 heavy (non-hydrogen) atoms. The molecule has 1 aromatic rings. The fourth-order valence-corrected chi connectivity index (χ4v) is 2.63. The lowest BCUT2D eigenvalue weighted by Gasteiger charge is -2.21. The molecule has 0 aromatic heterocycles. The molecule has 5 nitrogen and oxygen atoms in total. The van der Waals surface area contributed by atoms with Crippen LogP contribution in [0.25, 0.3) is 0 Å². The average molecular weight is 260 g/mol. The molecule has 0 saturated heterocycles. The van der Waals surface area contributed by atoms with E-state index in [2.05, 4.69) is 10.6 Å². The number of fused-ring (bicyclic) bond motifs is 1. The molecule has 2 aliphatic rings. The van der Waals surface area contributed by atoms with Crippen LogP contribution in [-0.2, 0) is 4.79 Å². The van der Waals surface area contributed by atoms with E-state index < -0.39 is 0 Å². The van der Waals surface area contributed by atoms with Crippen LogP contribution in [0.15, 0.2) is 18.2 Å². The van der Waals surface area contributed by atoms with Gasteiger partial charge in [-0.25, -0.2) is 0 Å². The number of hydrogen-bond acceptors (Lipinski definition) is 3. The quantitative estimate of drug-likeness (QED) is 0.850. The molecule has 0 spiro atoms. The van der Waals surface area contributed by atoms with Gasteiger partial charge in [-0.15, -0.1) is 0 Å². The van der Waals surface area contributed by atoms with E-state index in [0.717, 1.165) is 12.8 Å². The fourth-order valence-electron chi connectivity index (χ4n) is 2.63. The Labute approximate surface area is 111 Å². The molecule has 2 amide bonds. The zero-order valence-electron chi connectivity index (χ0n) is 10.6. The highest BCUT2D eigenvalue weighted by Crippen LogP contribution is 2.31. The van der Waals surface area contributed by atoms with Crippen molar-refractivity contribution in [3.63, 3.8) is 0 Å². The predicted octanol–water partition coefficient (Wildman–Crippen LogP) is 1.69. The number of rotatable bonds is 2. The van der Waals surface area contributed by atoms with E-state index in [1.54, 1.807) is 18.2 Å². The molecule has 0 radical (unpaired) electrons. The van der Waals surface area contributed by atoms with Gasteiger partial charge in [0.1, 0.15) is 0 Å². The monoisotopic (exact) mass is 260 g/mol. The van der Waals surface area contributed by atoms with Crippen LogP contribution in [0.1, 0.15) is 36.0 Å². The molecule has 0 atom stereocenters. The molecule has 0 unspecified atom stereocenters. The van der Waals surface area contributed by atoms with E-state index in [-0.39, 0.29) is 24.5 Å². The summed E-state index contributed by atoms with van der Waals surface area (Å²) < 4.78 is 5.38. The zero-order valence-corrected chi connectivity index (χ0v) is 10.6. The SMILES string of the molecule is O=C1COc2c(cccc2C(=O)NC2CCCC2)N1. The summed E-state index contributed by atoms with van der Waals surface area (Å²) in [5.41, 5.74) is 1.06. The molecule has 1 saturated carbocycles. The van der Waals surface area contributed by atoms with Gasteiger partial charge in [-0.1, -0.05) is 18.9 Å². The van der Waals surface area contributed by atoms with Gasteiger partial charge in [-0.05, 0) is 25.0 Å². The van der Waals surface area contributed by atoms with Crippen LogP contribution < -0.4 is 15.4 Å². The van der Waals surface area contributed by atoms with Gasteiger partial charge in [0, 0.05) is 6.04 Å². The summed E-state index contributed by atoms with van der Waals surface area (Å²) >= 11 is 0. The molecule has 1 aliphatic heterocycles. The molecule has 1 heterocycles. The lowest BCUT2D eigenvalue weighted by molar-refractivity contribution is -0.118. The van der Waals surface area contributed by atoms with Crippen LogP contribution in [0.4, 0.5) is 5.69 Å². The minimum Gasteiger partial charge on any atom is -0.481 e. The van der Waals surface area contributed by atoms with Crippen molar-refractivity contribution >= 4 is 17.5 Å². The summed E-state index contributed by atoms with van der Waals surface area (Å²) in [6.45, 7) is -0.0410. The van der Waals surface area contributed by atoms with Crippen molar-refractivity contribution in [1.29, 1.82) is 0 Å². The second-order valence-electron chi connectivity index (χ2n) is 4.97. The van der Waals surface area contributed by atoms with Crippen molar-refractivity contribution in [3.8, 4) is 5.75 Å². The summed E-state index contributed by atoms with van der Waals surface area (Å²) in [5.74, 6) is 0.151. The fraction of sp³-hybridized carbons (Fsp3) is 0.429. The molecular formula is C14H16N2O3. The topological polar surface area (TPSA) is 67.4 Å². The molecule has 1 aromatic carbocycles. The molecule has 0 bridgehead atoms. The first-order valence-electron chi connectivity index (χ1n) is 6.60. The van der Waals surface area contributed by atoms with Gasteiger partial charge >= 0.3 is 0 Å². The summed E-state index contributed by atoms with van der Waals surface area (Å²) in [6.07, 6.45) is 4.42. The Bertz CT molecular complexity index is 521. The Morgan fingerprint density at radius 1 is 1.32 bits per heavy atom. The van der Waals surface area contributed by atoms with Gasteiger partial charge in [0.2, 0.25) is 0 Å². The number of carbonyl (C=O) groups is 2. The van der Waals surface area contributed by atoms with Crippen LogP contribution in [0.3, 0.4) is 0 Å². The van der Waals surface area contributed by atoms with Crippen molar-refractivity contribution in [3.05, 3.63) is 23.8 Å². The third kappa shape index (κ3) is 2.41. The predicted molar refractivity (Wildman–Crippen MR) is 70.3 cm³/mol. The highest BCUT2D eigenvalue weighted by Gasteiger charge is 2.24. The maximum absolute atomic E-state index is 12.3. The Kier molecular flexibility index (Phi) is 3.11. The number of benzene rings is 1. The maximum Gasteiger partial charge on any atom is 0.262 e. The van der Waals surface area contributed by atoms with E-state index in [9.17, 15) is 9.59 Å². The van der Waals surface area contributed by atoms with E-state index >= 15 is 0 Å². The second-order valence-corrected chi connectivity index (χ2v) is 4.97. The molecule has 100 valence electrons. The van der Waals surface area contributed by atoms with Gasteiger partial charge in [-0.2, -0.15) is 0 Å². The number of ether oxygens (including phenoxy) is 1. The van der Waals surface area contributed by atoms with Gasteiger partial charge in [-0.3, -0.25) is 9.59 Å². The maximum atomic E-state index is 12.3. The van der Waals surface area contributed by atoms with Gasteiger partial charge in [0.05, 0.1) is 11.3 Å². The van der Waals surface area contributed by atoms with Crippen LogP contribution >= 0.6 is 0 Å². The van der Waals surface area contributed by atoms with Gasteiger partial charge in [0.15, 0.2) is 12.4 Å². The number of amides is 2. The van der Waals surface area contributed by atoms with E-state index in [0.29, 0.717) is 17.0 Å². The third-order valence-electron chi connectivity index (χ3n) is 3.57. The number of anilines is 1. The number of nitrogens with one attached hydrogen (secondary N) is 2. The number of carbonyl (C=O) groups excluding carboxylic acids is 2. The minimum atomic E-state index is -0.194. The number of hydrogen-bond donors (Lipinski definition) is 2. The standard InChI is InChI=1S/C14H16N2O3/c17-12-8-19-13-10(6-3-7-11(13)16-12)14(18)15-9-4-1-2-5-9/h3,6-7,9H,1-2,4-5,8H2,(H,15,18)(H,16,17). The van der Waals surface area contributed by atoms with Crippen molar-refractivity contribution < 1.29 is 14.3 Å². The van der Waals surface area contributed by atoms with E-state index in [1.807, 2.05) is 0 Å². The Hall–Kier alpha value is -2.04. The van der Waals surface area contributed by atoms with Crippen LogP contribution in [0.2, 0.25) is 0 Å². The molecule has 3 rings (SSSR count). The lowest BCUT2D eigenvalue weighted by atomic mass is 10.1. The van der Waals surface area contributed by atoms with Crippen LogP contribution in [-0.4, -0.2) is 24.5 Å². The highest BCUT2D eigenvalue weighted by atomic mass is 16.5. The third-order valence-corrected chi connectivity index (χ3v) is 3.57. The first-order chi connectivity index (χ1) is 9.24. The second kappa shape index (κ2) is 4.91. The average Bonchev–Trinajstić information content (AvgIpc) is 2.90. The summed E-state index contributed by atoms with van der Waals surface area (Å²) in [5, 5.41) is 5.73. The summed E-state index contributed by atoms with van der Waals surface area (Å²) in [7, 11) is 0. The Morgan fingerprint density at radius 3 is 2.89 bits per heavy atom. The van der Waals surface area contributed by atoms with Crippen LogP contribution in [0, 0.1) is 0 Å². The largest absolute Gasteiger partial charge is 0.481 e. The van der Waals surface area contributed by atoms with Crippen molar-refractivity contribution in [1.82, 2.24) is 5.32 Å². The smallest absolute Gasteiger partial charge is 0.262 e. The summed E-state index contributed by atoms with van der Waals surface area (Å²) in [6, 6.07) is 5.47. The normalized spacial score (nSPS) is 18.4. The zero-order chi connectivity index (χ0) is 13.2. The van der Waals surface area contributed by atoms with Crippen molar-refractivity contribution in [2.75, 3.05) is 11.9 Å². The van der Waals surface area contributed by atoms with Gasteiger partial charge in [0.25, 0.3) is 11.8 Å². The number of para-hydroxylation sites is 1. The van der Waals surface area contributed by atoms with Crippen molar-refractivity contribution in [2.24, 2.45) is 0 Å². The molecule has 1 fully saturated rings. The Morgan fingerprint density at radius 2 is 2.11 bits per heavy atom.